The molecule has 0 aromatic heterocycles. The summed E-state index contributed by atoms with van der Waals surface area (Å²) in [6.07, 6.45) is 0. The Morgan fingerprint density at radius 1 is 0.500 bits per heavy atom. The first kappa shape index (κ1) is 116. The Hall–Kier alpha value is 1.74. The van der Waals surface area contributed by atoms with Crippen LogP contribution in [0.1, 0.15) is 0 Å². The average Bonchev–Trinajstić information content (AvgIpc) is 0. The van der Waals surface area contributed by atoms with E-state index < -0.39 is 0 Å². The average molecular weight is 210 g/mol. The molecular weight excluding hydrogens is 205 g/mol. The van der Waals surface area contributed by atoms with Crippen molar-refractivity contribution in [1.29, 1.82) is 0 Å². The van der Waals surface area contributed by atoms with E-state index in [9.17, 15) is 0 Å². The molecule has 0 nitrogen and oxygen atoms in total. The van der Waals surface area contributed by atoms with Crippen LogP contribution in [0.15, 0.2) is 0 Å². The number of halogens is 4. The van der Waals surface area contributed by atoms with Crippen molar-refractivity contribution in [2.75, 3.05) is 0 Å². The summed E-state index contributed by atoms with van der Waals surface area (Å²) in [5.41, 5.74) is 0. The van der Waals surface area contributed by atoms with Crippen molar-refractivity contribution in [1.82, 2.24) is 0 Å². The second kappa shape index (κ2) is 73.1. The Labute approximate surface area is 75.4 Å². The molecule has 6 heavy (non-hydrogen) atoms. The van der Waals surface area contributed by atoms with Gasteiger partial charge in [0.25, 0.3) is 0 Å². The van der Waals surface area contributed by atoms with Crippen molar-refractivity contribution in [2.45, 2.75) is 0 Å². The van der Waals surface area contributed by atoms with E-state index >= 15 is 0 Å². The fourth-order valence-electron chi connectivity index (χ4n) is 0. The minimum Gasteiger partial charge on any atom is -0.147 e. The third-order valence-corrected chi connectivity index (χ3v) is 0. The van der Waals surface area contributed by atoms with Gasteiger partial charge in [0.05, 0.1) is 0 Å². The summed E-state index contributed by atoms with van der Waals surface area (Å²) in [6, 6.07) is 0. The molecule has 0 amide bonds. The zero-order chi connectivity index (χ0) is 0. The first-order chi connectivity index (χ1) is 0. The van der Waals surface area contributed by atoms with E-state index in [1.54, 1.807) is 0 Å². The van der Waals surface area contributed by atoms with Gasteiger partial charge in [-0.3, -0.25) is 0 Å². The molecule has 0 spiro atoms. The van der Waals surface area contributed by atoms with Crippen molar-refractivity contribution in [3.8, 4) is 0 Å². The molecule has 0 fully saturated rings. The van der Waals surface area contributed by atoms with Crippen molar-refractivity contribution < 1.29 is 18.6 Å². The van der Waals surface area contributed by atoms with E-state index in [0.717, 1.165) is 0 Å². The second-order valence-corrected chi connectivity index (χ2v) is 0. The van der Waals surface area contributed by atoms with Gasteiger partial charge in [-0.1, -0.05) is 0 Å². The Balaban J connectivity index is 0. The largest absolute Gasteiger partial charge is 0.147 e. The van der Waals surface area contributed by atoms with Crippen LogP contribution in [0.25, 0.3) is 0 Å². The molecule has 0 saturated carbocycles. The molecule has 0 aliphatic heterocycles. The molecule has 4 radical (unpaired) electrons. The van der Waals surface area contributed by atoms with Crippen LogP contribution in [0.4, 0.5) is 0 Å². The van der Waals surface area contributed by atoms with Crippen LogP contribution in [0, 0.1) is 7.43 Å². The van der Waals surface area contributed by atoms with Crippen LogP contribution in [0.2, 0.25) is 0 Å². The molecular formula is CH5Cl4V. The van der Waals surface area contributed by atoms with Crippen LogP contribution >= 0.6 is 49.6 Å². The van der Waals surface area contributed by atoms with E-state index in [0.29, 0.717) is 0 Å². The smallest absolute Gasteiger partial charge is 0 e. The van der Waals surface area contributed by atoms with Gasteiger partial charge in [0.2, 0.25) is 0 Å². The van der Waals surface area contributed by atoms with Crippen LogP contribution in [0.5, 0.6) is 0 Å². The number of hydrogen-bond acceptors (Lipinski definition) is 0. The number of hydrogen-bond donors (Lipinski definition) is 0. The summed E-state index contributed by atoms with van der Waals surface area (Å²) in [5, 5.41) is 0. The minimum absolute atomic E-state index is 0. The molecule has 0 aromatic carbocycles. The summed E-state index contributed by atoms with van der Waals surface area (Å²) in [6.45, 7) is 0. The van der Waals surface area contributed by atoms with Gasteiger partial charge in [0, 0.05) is 18.6 Å². The first-order valence-corrected chi connectivity index (χ1v) is 0. The molecule has 0 saturated heterocycles. The van der Waals surface area contributed by atoms with Crippen LogP contribution in [0.3, 0.4) is 0 Å². The van der Waals surface area contributed by atoms with Crippen molar-refractivity contribution in [3.63, 3.8) is 0 Å². The van der Waals surface area contributed by atoms with Crippen LogP contribution in [-0.2, 0) is 18.6 Å². The van der Waals surface area contributed by atoms with Gasteiger partial charge in [-0.2, -0.15) is 0 Å². The van der Waals surface area contributed by atoms with Crippen molar-refractivity contribution in [2.24, 2.45) is 0 Å². The maximum Gasteiger partial charge on any atom is 0 e. The summed E-state index contributed by atoms with van der Waals surface area (Å²) < 4.78 is 0. The second-order valence-electron chi connectivity index (χ2n) is 0. The summed E-state index contributed by atoms with van der Waals surface area (Å²) >= 11 is 0. The van der Waals surface area contributed by atoms with Gasteiger partial charge in [0.15, 0.2) is 0 Å². The van der Waals surface area contributed by atoms with Gasteiger partial charge in [-0.15, -0.1) is 49.6 Å². The summed E-state index contributed by atoms with van der Waals surface area (Å²) in [7, 11) is 0. The molecule has 0 unspecified atom stereocenters. The fraction of sp³-hybridized carbons (Fsp3) is 0. The quantitative estimate of drug-likeness (QED) is 0.572. The molecule has 0 aliphatic rings. The molecule has 0 N–H and O–H groups in total. The Morgan fingerprint density at radius 3 is 0.500 bits per heavy atom. The SMILES string of the molecule is Cl.Cl.Cl.Cl.[CH].[V]. The normalized spacial score (nSPS) is 0. The van der Waals surface area contributed by atoms with E-state index in [4.69, 9.17) is 0 Å². The van der Waals surface area contributed by atoms with Gasteiger partial charge in [-0.05, 0) is 7.43 Å². The molecule has 0 aliphatic carbocycles. The topological polar surface area (TPSA) is 0 Å². The predicted octanol–water partition coefficient (Wildman–Crippen LogP) is 1.89. The zero-order valence-electron chi connectivity index (χ0n) is 2.66. The minimum atomic E-state index is 0. The molecule has 42 valence electrons. The van der Waals surface area contributed by atoms with Crippen molar-refractivity contribution in [3.05, 3.63) is 7.43 Å². The number of rotatable bonds is 0. The van der Waals surface area contributed by atoms with E-state index in [1.165, 1.54) is 0 Å². The molecule has 0 atom stereocenters. The Bertz CT molecular complexity index is 7.51. The monoisotopic (exact) mass is 208 g/mol. The van der Waals surface area contributed by atoms with Crippen molar-refractivity contribution >= 4 is 49.6 Å². The van der Waals surface area contributed by atoms with Crippen LogP contribution < -0.4 is 0 Å². The maximum absolute atomic E-state index is 0. The van der Waals surface area contributed by atoms with Gasteiger partial charge >= 0.3 is 0 Å². The third-order valence-electron chi connectivity index (χ3n) is 0. The summed E-state index contributed by atoms with van der Waals surface area (Å²) in [4.78, 5) is 0. The van der Waals surface area contributed by atoms with Gasteiger partial charge < -0.3 is 0 Å². The Kier molecular flexibility index (Phi) is 1410. The molecule has 0 aromatic rings. The predicted molar refractivity (Wildman–Crippen MR) is 33.3 cm³/mol. The zero-order valence-corrected chi connectivity index (χ0v) is 7.32. The van der Waals surface area contributed by atoms with Gasteiger partial charge in [-0.25, -0.2) is 0 Å². The Morgan fingerprint density at radius 2 is 0.500 bits per heavy atom. The molecule has 0 heterocycles. The van der Waals surface area contributed by atoms with Gasteiger partial charge in [0.1, 0.15) is 0 Å². The summed E-state index contributed by atoms with van der Waals surface area (Å²) in [5.74, 6) is 0. The third kappa shape index (κ3) is 42.5. The maximum atomic E-state index is 0. The van der Waals surface area contributed by atoms with E-state index in [-0.39, 0.29) is 75.6 Å². The fourth-order valence-corrected chi connectivity index (χ4v) is 0. The first-order valence-electron chi connectivity index (χ1n) is 0. The standard InChI is InChI=1S/CH.4ClH.V/h5*1H;. The van der Waals surface area contributed by atoms with Crippen LogP contribution in [-0.4, -0.2) is 0 Å². The molecule has 0 rings (SSSR count). The molecule has 5 heteroatoms. The van der Waals surface area contributed by atoms with E-state index in [2.05, 4.69) is 0 Å². The van der Waals surface area contributed by atoms with E-state index in [1.807, 2.05) is 0 Å². The molecule has 0 bridgehead atoms.